The normalized spacial score (nSPS) is 12.4. The van der Waals surface area contributed by atoms with Crippen LogP contribution in [0.25, 0.3) is 11.0 Å². The van der Waals surface area contributed by atoms with Crippen molar-refractivity contribution in [3.05, 3.63) is 12.5 Å². The van der Waals surface area contributed by atoms with Gasteiger partial charge in [-0.05, 0) is 12.8 Å². The third-order valence-corrected chi connectivity index (χ3v) is 4.17. The zero-order valence-corrected chi connectivity index (χ0v) is 14.3. The summed E-state index contributed by atoms with van der Waals surface area (Å²) in [4.78, 5) is 32.1. The number of hydrogen-bond acceptors (Lipinski definition) is 6. The zero-order valence-electron chi connectivity index (χ0n) is 13.5. The predicted molar refractivity (Wildman–Crippen MR) is 88.0 cm³/mol. The molecule has 2 heterocycles. The second-order valence-electron chi connectivity index (χ2n) is 5.54. The van der Waals surface area contributed by atoms with E-state index < -0.39 is 11.3 Å². The Hall–Kier alpha value is -2.16. The highest BCUT2D eigenvalue weighted by Gasteiger charge is 2.19. The lowest BCUT2D eigenvalue weighted by Gasteiger charge is -2.12. The van der Waals surface area contributed by atoms with E-state index in [1.807, 2.05) is 13.8 Å². The van der Waals surface area contributed by atoms with Gasteiger partial charge in [0.15, 0.2) is 5.65 Å². The Morgan fingerprint density at radius 3 is 2.74 bits per heavy atom. The van der Waals surface area contributed by atoms with Crippen LogP contribution in [-0.4, -0.2) is 43.5 Å². The third kappa shape index (κ3) is 4.41. The SMILES string of the molecule is CC(C)CNC(=O)NC(=O)[C@@H](C)Sc1ncnc2c1cnn2C. The number of thioether (sulfide) groups is 1. The highest BCUT2D eigenvalue weighted by molar-refractivity contribution is 8.00. The van der Waals surface area contributed by atoms with Crippen LogP contribution in [-0.2, 0) is 11.8 Å². The molecule has 23 heavy (non-hydrogen) atoms. The fourth-order valence-corrected chi connectivity index (χ4v) is 2.69. The summed E-state index contributed by atoms with van der Waals surface area (Å²) >= 11 is 1.26. The summed E-state index contributed by atoms with van der Waals surface area (Å²) in [5, 5.41) is 10.1. The molecule has 2 rings (SSSR count). The number of aryl methyl sites for hydroxylation is 1. The van der Waals surface area contributed by atoms with Crippen LogP contribution in [0, 0.1) is 5.92 Å². The van der Waals surface area contributed by atoms with Gasteiger partial charge in [0.25, 0.3) is 0 Å². The van der Waals surface area contributed by atoms with E-state index in [-0.39, 0.29) is 5.91 Å². The van der Waals surface area contributed by atoms with Crippen LogP contribution >= 0.6 is 11.8 Å². The molecule has 124 valence electrons. The van der Waals surface area contributed by atoms with Crippen LogP contribution < -0.4 is 10.6 Å². The first-order valence-corrected chi connectivity index (χ1v) is 8.14. The summed E-state index contributed by atoms with van der Waals surface area (Å²) in [6.45, 7) is 6.20. The standard InChI is InChI=1S/C14H20N6O2S/c1-8(2)5-15-14(22)19-12(21)9(3)23-13-10-6-18-20(4)11(10)16-7-17-13/h6-9H,5H2,1-4H3,(H2,15,19,21,22)/t9-/m1/s1. The van der Waals surface area contributed by atoms with E-state index in [1.165, 1.54) is 18.1 Å². The fraction of sp³-hybridized carbons (Fsp3) is 0.500. The summed E-state index contributed by atoms with van der Waals surface area (Å²) in [5.41, 5.74) is 0.699. The maximum atomic E-state index is 12.1. The molecular formula is C14H20N6O2S. The van der Waals surface area contributed by atoms with Crippen LogP contribution in [0.2, 0.25) is 0 Å². The predicted octanol–water partition coefficient (Wildman–Crippen LogP) is 1.33. The molecule has 0 spiro atoms. The molecule has 0 radical (unpaired) electrons. The van der Waals surface area contributed by atoms with E-state index >= 15 is 0 Å². The van der Waals surface area contributed by atoms with Gasteiger partial charge in [-0.2, -0.15) is 5.10 Å². The van der Waals surface area contributed by atoms with Crippen LogP contribution in [0.1, 0.15) is 20.8 Å². The number of fused-ring (bicyclic) bond motifs is 1. The Balaban J connectivity index is 1.99. The van der Waals surface area contributed by atoms with Gasteiger partial charge in [-0.15, -0.1) is 0 Å². The number of aromatic nitrogens is 4. The first kappa shape index (κ1) is 17.2. The zero-order chi connectivity index (χ0) is 17.0. The van der Waals surface area contributed by atoms with Gasteiger partial charge < -0.3 is 5.32 Å². The molecule has 0 aliphatic carbocycles. The minimum atomic E-state index is -0.481. The van der Waals surface area contributed by atoms with E-state index in [0.717, 1.165) is 5.39 Å². The third-order valence-electron chi connectivity index (χ3n) is 3.06. The average molecular weight is 336 g/mol. The summed E-state index contributed by atoms with van der Waals surface area (Å²) in [6.07, 6.45) is 3.10. The van der Waals surface area contributed by atoms with E-state index in [1.54, 1.807) is 24.9 Å². The largest absolute Gasteiger partial charge is 0.338 e. The molecular weight excluding hydrogens is 316 g/mol. The first-order valence-electron chi connectivity index (χ1n) is 7.26. The van der Waals surface area contributed by atoms with E-state index in [9.17, 15) is 9.59 Å². The molecule has 3 amide bonds. The maximum Gasteiger partial charge on any atom is 0.321 e. The Morgan fingerprint density at radius 2 is 2.04 bits per heavy atom. The lowest BCUT2D eigenvalue weighted by molar-refractivity contribution is -0.119. The maximum absolute atomic E-state index is 12.1. The van der Waals surface area contributed by atoms with Gasteiger partial charge >= 0.3 is 6.03 Å². The van der Waals surface area contributed by atoms with E-state index in [4.69, 9.17) is 0 Å². The molecule has 0 bridgehead atoms. The Bertz CT molecular complexity index is 714. The van der Waals surface area contributed by atoms with Gasteiger partial charge in [0.1, 0.15) is 11.4 Å². The van der Waals surface area contributed by atoms with E-state index in [2.05, 4.69) is 25.7 Å². The highest BCUT2D eigenvalue weighted by Crippen LogP contribution is 2.27. The number of hydrogen-bond donors (Lipinski definition) is 2. The number of nitrogens with zero attached hydrogens (tertiary/aromatic N) is 4. The molecule has 0 saturated carbocycles. The Kier molecular flexibility index (Phi) is 5.54. The second kappa shape index (κ2) is 7.40. The summed E-state index contributed by atoms with van der Waals surface area (Å²) in [5.74, 6) is -0.0468. The quantitative estimate of drug-likeness (QED) is 0.631. The Morgan fingerprint density at radius 1 is 1.30 bits per heavy atom. The molecule has 8 nitrogen and oxygen atoms in total. The lowest BCUT2D eigenvalue weighted by atomic mass is 10.2. The first-order chi connectivity index (χ1) is 10.9. The topological polar surface area (TPSA) is 102 Å². The van der Waals surface area contributed by atoms with Crippen molar-refractivity contribution in [3.63, 3.8) is 0 Å². The van der Waals surface area contributed by atoms with Crippen molar-refractivity contribution in [2.24, 2.45) is 13.0 Å². The summed E-state index contributed by atoms with van der Waals surface area (Å²) in [6, 6.07) is -0.481. The second-order valence-corrected chi connectivity index (χ2v) is 6.87. The van der Waals surface area contributed by atoms with Crippen molar-refractivity contribution >= 4 is 34.7 Å². The number of carbonyl (C=O) groups is 2. The monoisotopic (exact) mass is 336 g/mol. The molecule has 2 N–H and O–H groups in total. The fourth-order valence-electron chi connectivity index (χ4n) is 1.81. The van der Waals surface area contributed by atoms with Crippen molar-refractivity contribution in [1.29, 1.82) is 0 Å². The number of amides is 3. The number of nitrogens with one attached hydrogen (secondary N) is 2. The van der Waals surface area contributed by atoms with Crippen LogP contribution in [0.5, 0.6) is 0 Å². The number of rotatable bonds is 5. The molecule has 2 aromatic heterocycles. The number of imide groups is 1. The summed E-state index contributed by atoms with van der Waals surface area (Å²) in [7, 11) is 1.79. The Labute approximate surface area is 138 Å². The van der Waals surface area contributed by atoms with Gasteiger partial charge in [-0.3, -0.25) is 14.8 Å². The smallest absolute Gasteiger partial charge is 0.321 e. The number of carbonyl (C=O) groups excluding carboxylic acids is 2. The molecule has 0 unspecified atom stereocenters. The van der Waals surface area contributed by atoms with Crippen LogP contribution in [0.15, 0.2) is 17.6 Å². The van der Waals surface area contributed by atoms with Gasteiger partial charge in [-0.25, -0.2) is 14.8 Å². The van der Waals surface area contributed by atoms with Crippen molar-refractivity contribution in [1.82, 2.24) is 30.4 Å². The van der Waals surface area contributed by atoms with Crippen molar-refractivity contribution in [3.8, 4) is 0 Å². The van der Waals surface area contributed by atoms with Crippen molar-refractivity contribution < 1.29 is 9.59 Å². The lowest BCUT2D eigenvalue weighted by Crippen LogP contribution is -2.43. The summed E-state index contributed by atoms with van der Waals surface area (Å²) < 4.78 is 1.64. The van der Waals surface area contributed by atoms with Crippen molar-refractivity contribution in [2.75, 3.05) is 6.54 Å². The van der Waals surface area contributed by atoms with Gasteiger partial charge in [0.05, 0.1) is 16.8 Å². The molecule has 0 saturated heterocycles. The molecule has 2 aromatic rings. The van der Waals surface area contributed by atoms with Gasteiger partial charge in [-0.1, -0.05) is 25.6 Å². The highest BCUT2D eigenvalue weighted by atomic mass is 32.2. The molecule has 0 aliphatic heterocycles. The molecule has 1 atom stereocenters. The van der Waals surface area contributed by atoms with Gasteiger partial charge in [0, 0.05) is 13.6 Å². The van der Waals surface area contributed by atoms with E-state index in [0.29, 0.717) is 23.1 Å². The molecule has 0 fully saturated rings. The number of urea groups is 1. The van der Waals surface area contributed by atoms with Crippen LogP contribution in [0.3, 0.4) is 0 Å². The van der Waals surface area contributed by atoms with Crippen molar-refractivity contribution in [2.45, 2.75) is 31.0 Å². The molecule has 0 aliphatic rings. The van der Waals surface area contributed by atoms with Crippen LogP contribution in [0.4, 0.5) is 4.79 Å². The minimum absolute atomic E-state index is 0.322. The average Bonchev–Trinajstić information content (AvgIpc) is 2.88. The van der Waals surface area contributed by atoms with Gasteiger partial charge in [0.2, 0.25) is 5.91 Å². The molecule has 0 aromatic carbocycles. The molecule has 9 heteroatoms. The minimum Gasteiger partial charge on any atom is -0.338 e.